The average molecular weight is 367 g/mol. The van der Waals surface area contributed by atoms with Gasteiger partial charge in [0.15, 0.2) is 5.96 Å². The Hall–Kier alpha value is -1.60. The second-order valence-corrected chi connectivity index (χ2v) is 7.72. The SMILES string of the molecule is CCOCCC1(CNC(=NCC(=O)N(C)C)NCc2cccs2)CC1. The molecule has 0 unspecified atom stereocenters. The summed E-state index contributed by atoms with van der Waals surface area (Å²) in [5.41, 5.74) is 0.326. The minimum atomic E-state index is -0.00490. The Bertz CT molecular complexity index is 553. The van der Waals surface area contributed by atoms with Crippen molar-refractivity contribution < 1.29 is 9.53 Å². The molecule has 7 heteroatoms. The normalized spacial score (nSPS) is 15.7. The smallest absolute Gasteiger partial charge is 0.243 e. The summed E-state index contributed by atoms with van der Waals surface area (Å²) in [4.78, 5) is 19.1. The van der Waals surface area contributed by atoms with Crippen molar-refractivity contribution in [2.75, 3.05) is 40.4 Å². The third kappa shape index (κ3) is 7.04. The number of rotatable bonds is 10. The van der Waals surface area contributed by atoms with Crippen LogP contribution in [0.4, 0.5) is 0 Å². The van der Waals surface area contributed by atoms with Crippen molar-refractivity contribution in [1.82, 2.24) is 15.5 Å². The van der Waals surface area contributed by atoms with E-state index in [4.69, 9.17) is 4.74 Å². The van der Waals surface area contributed by atoms with E-state index in [9.17, 15) is 4.79 Å². The minimum absolute atomic E-state index is 0.00490. The number of ether oxygens (including phenoxy) is 1. The van der Waals surface area contributed by atoms with Gasteiger partial charge in [-0.15, -0.1) is 11.3 Å². The van der Waals surface area contributed by atoms with Gasteiger partial charge in [-0.25, -0.2) is 4.99 Å². The predicted octanol–water partition coefficient (Wildman–Crippen LogP) is 2.08. The summed E-state index contributed by atoms with van der Waals surface area (Å²) in [6, 6.07) is 4.12. The first-order valence-corrected chi connectivity index (χ1v) is 9.75. The highest BCUT2D eigenvalue weighted by atomic mass is 32.1. The Labute approximate surface area is 154 Å². The first-order valence-electron chi connectivity index (χ1n) is 8.87. The fourth-order valence-corrected chi connectivity index (χ4v) is 3.09. The Kier molecular flexibility index (Phi) is 7.71. The molecule has 140 valence electrons. The van der Waals surface area contributed by atoms with Crippen molar-refractivity contribution in [3.8, 4) is 0 Å². The number of aliphatic imine (C=N–C) groups is 1. The van der Waals surface area contributed by atoms with Crippen LogP contribution in [0.3, 0.4) is 0 Å². The molecule has 0 aromatic carbocycles. The van der Waals surface area contributed by atoms with Gasteiger partial charge in [-0.05, 0) is 43.0 Å². The van der Waals surface area contributed by atoms with Gasteiger partial charge in [0.2, 0.25) is 5.91 Å². The van der Waals surface area contributed by atoms with Crippen molar-refractivity contribution in [3.05, 3.63) is 22.4 Å². The van der Waals surface area contributed by atoms with Crippen molar-refractivity contribution in [2.24, 2.45) is 10.4 Å². The summed E-state index contributed by atoms with van der Waals surface area (Å²) in [5, 5.41) is 8.81. The number of carbonyl (C=O) groups is 1. The first-order chi connectivity index (χ1) is 12.0. The molecule has 1 aliphatic carbocycles. The van der Waals surface area contributed by atoms with E-state index >= 15 is 0 Å². The lowest BCUT2D eigenvalue weighted by Gasteiger charge is -2.19. The van der Waals surface area contributed by atoms with E-state index in [0.29, 0.717) is 17.9 Å². The zero-order valence-corrected chi connectivity index (χ0v) is 16.3. The Morgan fingerprint density at radius 1 is 1.40 bits per heavy atom. The molecule has 1 aromatic heterocycles. The number of likely N-dealkylation sites (N-methyl/N-ethyl adjacent to an activating group) is 1. The van der Waals surface area contributed by atoms with Crippen LogP contribution in [-0.2, 0) is 16.1 Å². The second-order valence-electron chi connectivity index (χ2n) is 6.69. The molecule has 25 heavy (non-hydrogen) atoms. The molecule has 1 saturated carbocycles. The lowest BCUT2D eigenvalue weighted by molar-refractivity contribution is -0.127. The molecule has 1 aliphatic rings. The Morgan fingerprint density at radius 2 is 2.20 bits per heavy atom. The molecule has 1 fully saturated rings. The maximum Gasteiger partial charge on any atom is 0.243 e. The van der Waals surface area contributed by atoms with Crippen molar-refractivity contribution in [1.29, 1.82) is 0 Å². The van der Waals surface area contributed by atoms with Crippen molar-refractivity contribution >= 4 is 23.2 Å². The molecule has 2 rings (SSSR count). The van der Waals surface area contributed by atoms with Gasteiger partial charge >= 0.3 is 0 Å². The lowest BCUT2D eigenvalue weighted by Crippen LogP contribution is -2.41. The second kappa shape index (κ2) is 9.77. The molecule has 0 saturated heterocycles. The topological polar surface area (TPSA) is 66.0 Å². The molecule has 1 amide bonds. The average Bonchev–Trinajstić information content (AvgIpc) is 3.16. The monoisotopic (exact) mass is 366 g/mol. The lowest BCUT2D eigenvalue weighted by atomic mass is 10.0. The summed E-state index contributed by atoms with van der Waals surface area (Å²) in [5.74, 6) is 0.695. The standard InChI is InChI=1S/C18H30N4O2S/c1-4-24-10-9-18(7-8-18)14-21-17(20-13-16(23)22(2)3)19-12-15-6-5-11-25-15/h5-6,11H,4,7-10,12-14H2,1-3H3,(H2,19,20,21). The van der Waals surface area contributed by atoms with Crippen LogP contribution in [0.5, 0.6) is 0 Å². The molecule has 0 aliphatic heterocycles. The van der Waals surface area contributed by atoms with Crippen molar-refractivity contribution in [3.63, 3.8) is 0 Å². The van der Waals surface area contributed by atoms with E-state index in [2.05, 4.69) is 27.1 Å². The highest BCUT2D eigenvalue weighted by molar-refractivity contribution is 7.09. The molecular formula is C18H30N4O2S. The predicted molar refractivity (Wildman–Crippen MR) is 103 cm³/mol. The fraction of sp³-hybridized carbons (Fsp3) is 0.667. The van der Waals surface area contributed by atoms with Crippen LogP contribution in [0.1, 0.15) is 31.1 Å². The molecule has 2 N–H and O–H groups in total. The molecule has 0 spiro atoms. The molecule has 0 radical (unpaired) electrons. The first kappa shape index (κ1) is 19.7. The van der Waals surface area contributed by atoms with Crippen LogP contribution < -0.4 is 10.6 Å². The van der Waals surface area contributed by atoms with Crippen LogP contribution in [0, 0.1) is 5.41 Å². The number of hydrogen-bond donors (Lipinski definition) is 2. The highest BCUT2D eigenvalue weighted by Crippen LogP contribution is 2.48. The van der Waals surface area contributed by atoms with Crippen LogP contribution in [0.2, 0.25) is 0 Å². The van der Waals surface area contributed by atoms with E-state index in [1.165, 1.54) is 17.7 Å². The maximum absolute atomic E-state index is 11.8. The fourth-order valence-electron chi connectivity index (χ4n) is 2.44. The van der Waals surface area contributed by atoms with Crippen LogP contribution in [-0.4, -0.2) is 57.2 Å². The number of guanidine groups is 1. The number of hydrogen-bond acceptors (Lipinski definition) is 4. The summed E-state index contributed by atoms with van der Waals surface area (Å²) in [7, 11) is 3.49. The number of carbonyl (C=O) groups excluding carboxylic acids is 1. The van der Waals surface area contributed by atoms with E-state index < -0.39 is 0 Å². The summed E-state index contributed by atoms with van der Waals surface area (Å²) in [6.07, 6.45) is 3.52. The van der Waals surface area contributed by atoms with Crippen molar-refractivity contribution in [2.45, 2.75) is 32.7 Å². The minimum Gasteiger partial charge on any atom is -0.382 e. The maximum atomic E-state index is 11.8. The quantitative estimate of drug-likeness (QED) is 0.378. The van der Waals surface area contributed by atoms with Crippen LogP contribution in [0.25, 0.3) is 0 Å². The number of thiophene rings is 1. The third-order valence-corrected chi connectivity index (χ3v) is 5.33. The number of amides is 1. The number of nitrogens with zero attached hydrogens (tertiary/aromatic N) is 2. The molecular weight excluding hydrogens is 336 g/mol. The van der Waals surface area contributed by atoms with Gasteiger partial charge in [0.25, 0.3) is 0 Å². The van der Waals surface area contributed by atoms with Crippen LogP contribution >= 0.6 is 11.3 Å². The zero-order valence-electron chi connectivity index (χ0n) is 15.5. The Morgan fingerprint density at radius 3 is 2.80 bits per heavy atom. The van der Waals surface area contributed by atoms with E-state index in [1.807, 2.05) is 13.0 Å². The van der Waals surface area contributed by atoms with Crippen LogP contribution in [0.15, 0.2) is 22.5 Å². The van der Waals surface area contributed by atoms with E-state index in [-0.39, 0.29) is 12.5 Å². The summed E-state index contributed by atoms with van der Waals surface area (Å²) >= 11 is 1.71. The van der Waals surface area contributed by atoms with E-state index in [0.717, 1.165) is 26.2 Å². The summed E-state index contributed by atoms with van der Waals surface area (Å²) < 4.78 is 5.50. The third-order valence-electron chi connectivity index (χ3n) is 4.45. The van der Waals surface area contributed by atoms with Gasteiger partial charge < -0.3 is 20.3 Å². The van der Waals surface area contributed by atoms with Gasteiger partial charge in [0.05, 0.1) is 6.54 Å². The van der Waals surface area contributed by atoms with Gasteiger partial charge in [-0.1, -0.05) is 6.07 Å². The molecule has 6 nitrogen and oxygen atoms in total. The zero-order chi connectivity index (χ0) is 18.1. The number of nitrogens with one attached hydrogen (secondary N) is 2. The van der Waals surface area contributed by atoms with Gasteiger partial charge in [-0.3, -0.25) is 4.79 Å². The molecule has 1 heterocycles. The summed E-state index contributed by atoms with van der Waals surface area (Å²) in [6.45, 7) is 5.34. The molecule has 0 atom stereocenters. The van der Waals surface area contributed by atoms with Gasteiger partial charge in [0, 0.05) is 38.7 Å². The van der Waals surface area contributed by atoms with Gasteiger partial charge in [0.1, 0.15) is 6.54 Å². The largest absolute Gasteiger partial charge is 0.382 e. The Balaban J connectivity index is 1.86. The molecule has 0 bridgehead atoms. The van der Waals surface area contributed by atoms with Gasteiger partial charge in [-0.2, -0.15) is 0 Å². The molecule has 1 aromatic rings. The van der Waals surface area contributed by atoms with E-state index in [1.54, 1.807) is 30.3 Å². The highest BCUT2D eigenvalue weighted by Gasteiger charge is 2.41.